The summed E-state index contributed by atoms with van der Waals surface area (Å²) in [5.74, 6) is -1.10. The predicted molar refractivity (Wildman–Crippen MR) is 76.8 cm³/mol. The Balaban J connectivity index is 2.55. The molecule has 6 N–H and O–H groups in total. The Morgan fingerprint density at radius 1 is 1.05 bits per heavy atom. The summed E-state index contributed by atoms with van der Waals surface area (Å²) in [4.78, 5) is 27.9. The van der Waals surface area contributed by atoms with Crippen molar-refractivity contribution in [1.29, 1.82) is 0 Å². The molecule has 0 saturated heterocycles. The lowest BCUT2D eigenvalue weighted by atomic mass is 10.1. The number of fused-ring (bicyclic) bond motifs is 1. The number of carbonyl (C=O) groups is 2. The number of anilines is 2. The van der Waals surface area contributed by atoms with E-state index in [4.69, 9.17) is 17.2 Å². The zero-order valence-corrected chi connectivity index (χ0v) is 10.7. The maximum Gasteiger partial charge on any atom is 0.236 e. The SMILES string of the molecule is NC(=O)CN(CC(N)=O)c1ccc(N)c2cnccc12. The van der Waals surface area contributed by atoms with Crippen LogP contribution in [0.4, 0.5) is 11.4 Å². The lowest BCUT2D eigenvalue weighted by molar-refractivity contribution is -0.117. The Labute approximate surface area is 115 Å². The molecule has 2 rings (SSSR count). The predicted octanol–water partition coefficient (Wildman–Crippen LogP) is -0.406. The number of hydrogen-bond donors (Lipinski definition) is 3. The van der Waals surface area contributed by atoms with Crippen molar-refractivity contribution >= 4 is 34.0 Å². The van der Waals surface area contributed by atoms with Crippen LogP contribution in [0, 0.1) is 0 Å². The van der Waals surface area contributed by atoms with Crippen LogP contribution in [0.3, 0.4) is 0 Å². The number of primary amides is 2. The van der Waals surface area contributed by atoms with Gasteiger partial charge >= 0.3 is 0 Å². The van der Waals surface area contributed by atoms with Crippen molar-refractivity contribution in [1.82, 2.24) is 4.98 Å². The van der Waals surface area contributed by atoms with Gasteiger partial charge in [-0.2, -0.15) is 0 Å². The van der Waals surface area contributed by atoms with Crippen LogP contribution in [0.1, 0.15) is 0 Å². The second-order valence-electron chi connectivity index (χ2n) is 4.38. The Morgan fingerprint density at radius 3 is 2.30 bits per heavy atom. The summed E-state index contributed by atoms with van der Waals surface area (Å²) in [6, 6.07) is 5.17. The average molecular weight is 273 g/mol. The summed E-state index contributed by atoms with van der Waals surface area (Å²) >= 11 is 0. The smallest absolute Gasteiger partial charge is 0.236 e. The number of nitrogens with zero attached hydrogens (tertiary/aromatic N) is 2. The van der Waals surface area contributed by atoms with Crippen molar-refractivity contribution in [3.05, 3.63) is 30.6 Å². The van der Waals surface area contributed by atoms with Gasteiger partial charge in [-0.1, -0.05) is 0 Å². The molecule has 0 spiro atoms. The van der Waals surface area contributed by atoms with Crippen molar-refractivity contribution in [2.75, 3.05) is 23.7 Å². The van der Waals surface area contributed by atoms with Crippen molar-refractivity contribution in [2.24, 2.45) is 11.5 Å². The van der Waals surface area contributed by atoms with Crippen molar-refractivity contribution < 1.29 is 9.59 Å². The van der Waals surface area contributed by atoms with E-state index < -0.39 is 11.8 Å². The third kappa shape index (κ3) is 2.77. The molecular formula is C13H15N5O2. The number of rotatable bonds is 5. The van der Waals surface area contributed by atoms with Gasteiger partial charge in [0.1, 0.15) is 0 Å². The molecule has 0 atom stereocenters. The van der Waals surface area contributed by atoms with E-state index in [2.05, 4.69) is 4.98 Å². The average Bonchev–Trinajstić information content (AvgIpc) is 2.37. The van der Waals surface area contributed by atoms with Crippen LogP contribution in [0.2, 0.25) is 0 Å². The van der Waals surface area contributed by atoms with Gasteiger partial charge in [-0.3, -0.25) is 14.6 Å². The largest absolute Gasteiger partial charge is 0.398 e. The third-order valence-electron chi connectivity index (χ3n) is 2.86. The van der Waals surface area contributed by atoms with Gasteiger partial charge in [0.25, 0.3) is 0 Å². The summed E-state index contributed by atoms with van der Waals surface area (Å²) in [5, 5.41) is 1.52. The van der Waals surface area contributed by atoms with E-state index >= 15 is 0 Å². The summed E-state index contributed by atoms with van der Waals surface area (Å²) in [6.07, 6.45) is 3.23. The standard InChI is InChI=1S/C13H15N5O2/c14-10-1-2-11(8-3-4-17-5-9(8)10)18(6-12(15)19)7-13(16)20/h1-5H,6-7,14H2,(H2,15,19)(H2,16,20). The van der Waals surface area contributed by atoms with Gasteiger partial charge in [0.05, 0.1) is 13.1 Å². The minimum atomic E-state index is -0.551. The molecule has 0 unspecified atom stereocenters. The highest BCUT2D eigenvalue weighted by Crippen LogP contribution is 2.30. The Morgan fingerprint density at radius 2 is 1.70 bits per heavy atom. The summed E-state index contributed by atoms with van der Waals surface area (Å²) in [5.41, 5.74) is 17.5. The van der Waals surface area contributed by atoms with Crippen molar-refractivity contribution in [2.45, 2.75) is 0 Å². The molecule has 0 bridgehead atoms. The molecule has 1 aromatic carbocycles. The molecule has 7 heteroatoms. The molecule has 7 nitrogen and oxygen atoms in total. The molecule has 0 aliphatic heterocycles. The molecule has 0 aliphatic rings. The van der Waals surface area contributed by atoms with E-state index in [-0.39, 0.29) is 13.1 Å². The normalized spacial score (nSPS) is 10.4. The van der Waals surface area contributed by atoms with Crippen LogP contribution < -0.4 is 22.1 Å². The highest BCUT2D eigenvalue weighted by molar-refractivity contribution is 6.02. The number of nitrogen functional groups attached to an aromatic ring is 1. The number of amides is 2. The van der Waals surface area contributed by atoms with Gasteiger partial charge < -0.3 is 22.1 Å². The molecule has 104 valence electrons. The first kappa shape index (κ1) is 13.6. The van der Waals surface area contributed by atoms with Crippen LogP contribution in [-0.4, -0.2) is 29.9 Å². The number of aromatic nitrogens is 1. The van der Waals surface area contributed by atoms with Gasteiger partial charge in [0, 0.05) is 34.5 Å². The minimum absolute atomic E-state index is 0.107. The first-order valence-electron chi connectivity index (χ1n) is 5.93. The molecule has 1 aromatic heterocycles. The fourth-order valence-corrected chi connectivity index (χ4v) is 2.07. The van der Waals surface area contributed by atoms with Gasteiger partial charge in [0.2, 0.25) is 11.8 Å². The number of carbonyl (C=O) groups excluding carboxylic acids is 2. The fourth-order valence-electron chi connectivity index (χ4n) is 2.07. The second kappa shape index (κ2) is 5.43. The second-order valence-corrected chi connectivity index (χ2v) is 4.38. The Hall–Kier alpha value is -2.83. The summed E-state index contributed by atoms with van der Waals surface area (Å²) < 4.78 is 0. The van der Waals surface area contributed by atoms with Crippen LogP contribution >= 0.6 is 0 Å². The molecule has 20 heavy (non-hydrogen) atoms. The van der Waals surface area contributed by atoms with Gasteiger partial charge in [-0.15, -0.1) is 0 Å². The quantitative estimate of drug-likeness (QED) is 0.638. The maximum absolute atomic E-state index is 11.2. The molecule has 1 heterocycles. The number of benzene rings is 1. The monoisotopic (exact) mass is 273 g/mol. The van der Waals surface area contributed by atoms with E-state index in [1.54, 1.807) is 30.6 Å². The first-order valence-corrected chi connectivity index (χ1v) is 5.93. The summed E-state index contributed by atoms with van der Waals surface area (Å²) in [7, 11) is 0. The number of hydrogen-bond acceptors (Lipinski definition) is 5. The van der Waals surface area contributed by atoms with Crippen LogP contribution in [-0.2, 0) is 9.59 Å². The van der Waals surface area contributed by atoms with E-state index in [0.29, 0.717) is 11.4 Å². The van der Waals surface area contributed by atoms with E-state index in [1.165, 1.54) is 4.90 Å². The molecule has 2 amide bonds. The highest BCUT2D eigenvalue weighted by Gasteiger charge is 2.15. The fraction of sp³-hybridized carbons (Fsp3) is 0.154. The highest BCUT2D eigenvalue weighted by atomic mass is 16.2. The van der Waals surface area contributed by atoms with Gasteiger partial charge in [-0.25, -0.2) is 0 Å². The first-order chi connectivity index (χ1) is 9.49. The van der Waals surface area contributed by atoms with Gasteiger partial charge in [-0.05, 0) is 18.2 Å². The van der Waals surface area contributed by atoms with Crippen molar-refractivity contribution in [3.63, 3.8) is 0 Å². The third-order valence-corrected chi connectivity index (χ3v) is 2.86. The topological polar surface area (TPSA) is 128 Å². The molecule has 0 fully saturated rings. The lowest BCUT2D eigenvalue weighted by Gasteiger charge is -2.23. The van der Waals surface area contributed by atoms with Crippen LogP contribution in [0.25, 0.3) is 10.8 Å². The molecule has 0 aliphatic carbocycles. The molecule has 0 saturated carbocycles. The Bertz CT molecular complexity index is 655. The van der Waals surface area contributed by atoms with E-state index in [0.717, 1.165) is 10.8 Å². The van der Waals surface area contributed by atoms with Crippen LogP contribution in [0.5, 0.6) is 0 Å². The van der Waals surface area contributed by atoms with E-state index in [9.17, 15) is 9.59 Å². The number of nitrogens with two attached hydrogens (primary N) is 3. The van der Waals surface area contributed by atoms with E-state index in [1.807, 2.05) is 0 Å². The van der Waals surface area contributed by atoms with Crippen molar-refractivity contribution in [3.8, 4) is 0 Å². The number of pyridine rings is 1. The molecule has 0 radical (unpaired) electrons. The van der Waals surface area contributed by atoms with Gasteiger partial charge in [0.15, 0.2) is 0 Å². The zero-order chi connectivity index (χ0) is 14.7. The van der Waals surface area contributed by atoms with Crippen LogP contribution in [0.15, 0.2) is 30.6 Å². The zero-order valence-electron chi connectivity index (χ0n) is 10.7. The lowest BCUT2D eigenvalue weighted by Crippen LogP contribution is -2.39. The molecule has 2 aromatic rings. The Kier molecular flexibility index (Phi) is 3.69. The molecular weight excluding hydrogens is 258 g/mol. The minimum Gasteiger partial charge on any atom is -0.398 e. The maximum atomic E-state index is 11.2. The summed E-state index contributed by atoms with van der Waals surface area (Å²) in [6.45, 7) is -0.214.